The Hall–Kier alpha value is -12.4. The monoisotopic (exact) mass is 1230 g/mol. The van der Waals surface area contributed by atoms with E-state index in [1.807, 2.05) is 41.7 Å². The van der Waals surface area contributed by atoms with E-state index in [0.29, 0.717) is 23.3 Å². The molecule has 19 rings (SSSR count). The Morgan fingerprint density at radius 2 is 0.779 bits per heavy atom. The lowest BCUT2D eigenvalue weighted by Crippen LogP contribution is -2.61. The highest BCUT2D eigenvalue weighted by molar-refractivity contribution is 7.26. The molecule has 2 aliphatic rings. The van der Waals surface area contributed by atoms with Gasteiger partial charge in [-0.15, -0.1) is 11.3 Å². The number of benzene rings is 13. The predicted octanol–water partition coefficient (Wildman–Crippen LogP) is 19.9. The molecule has 0 unspecified atom stereocenters. The Labute approximate surface area is 552 Å². The van der Waals surface area contributed by atoms with Gasteiger partial charge in [0.1, 0.15) is 0 Å². The first kappa shape index (κ1) is 54.4. The van der Waals surface area contributed by atoms with Crippen molar-refractivity contribution in [3.05, 3.63) is 322 Å². The van der Waals surface area contributed by atoms with Gasteiger partial charge in [-0.25, -0.2) is 24.9 Å². The molecule has 2 aliphatic heterocycles. The highest BCUT2D eigenvalue weighted by Crippen LogP contribution is 2.47. The van der Waals surface area contributed by atoms with Crippen LogP contribution in [0.2, 0.25) is 0 Å². The minimum atomic E-state index is 0.0565. The SMILES string of the molecule is c1ccc(-c2cc(-c3ccccc3)nc(-c3ccc(-n4c5ccccc5c5c6sc7ccccc7c6ccc54)c(-c4nc(-c5ccccc5)nc(-c5ccc(-c6cccc(N7c8ccccc8B8c9ccccc9N(c9ccccc9)c9cccc7c98)c6)cc5)n4)c3)n2)cc1. The third-order valence-electron chi connectivity index (χ3n) is 18.9. The normalized spacial score (nSPS) is 12.4. The van der Waals surface area contributed by atoms with E-state index in [4.69, 9.17) is 24.9 Å². The molecule has 6 heterocycles. The minimum absolute atomic E-state index is 0.0565. The van der Waals surface area contributed by atoms with Crippen molar-refractivity contribution in [3.63, 3.8) is 0 Å². The molecule has 0 bridgehead atoms. The van der Waals surface area contributed by atoms with Crippen molar-refractivity contribution in [1.82, 2.24) is 29.5 Å². The van der Waals surface area contributed by atoms with Crippen molar-refractivity contribution in [2.45, 2.75) is 0 Å². The van der Waals surface area contributed by atoms with Gasteiger partial charge in [-0.05, 0) is 119 Å². The molecule has 4 aromatic heterocycles. The molecule has 95 heavy (non-hydrogen) atoms. The molecule has 0 aliphatic carbocycles. The first-order valence-electron chi connectivity index (χ1n) is 32.1. The van der Waals surface area contributed by atoms with Crippen LogP contribution in [-0.2, 0) is 0 Å². The summed E-state index contributed by atoms with van der Waals surface area (Å²) in [6.07, 6.45) is 0. The van der Waals surface area contributed by atoms with Gasteiger partial charge >= 0.3 is 0 Å². The smallest absolute Gasteiger partial charge is 0.252 e. The van der Waals surface area contributed by atoms with Crippen molar-refractivity contribution < 1.29 is 0 Å². The summed E-state index contributed by atoms with van der Waals surface area (Å²) in [7, 11) is 0. The Kier molecular flexibility index (Phi) is 12.7. The lowest BCUT2D eigenvalue weighted by molar-refractivity contribution is 1.06. The first-order chi connectivity index (χ1) is 47.1. The zero-order chi connectivity index (χ0) is 62.5. The lowest BCUT2D eigenvalue weighted by Gasteiger charge is -2.44. The molecule has 0 fully saturated rings. The zero-order valence-corrected chi connectivity index (χ0v) is 52.0. The lowest BCUT2D eigenvalue weighted by atomic mass is 9.33. The molecule has 17 aromatic rings. The molecular weight excluding hydrogens is 1180 g/mol. The topological polar surface area (TPSA) is 75.9 Å². The van der Waals surface area contributed by atoms with E-state index >= 15 is 0 Å². The highest BCUT2D eigenvalue weighted by Gasteiger charge is 2.43. The van der Waals surface area contributed by atoms with Crippen LogP contribution in [-0.4, -0.2) is 36.2 Å². The summed E-state index contributed by atoms with van der Waals surface area (Å²) < 4.78 is 4.91. The van der Waals surface area contributed by atoms with E-state index < -0.39 is 0 Å². The minimum Gasteiger partial charge on any atom is -0.311 e. The van der Waals surface area contributed by atoms with Gasteiger partial charge < -0.3 is 14.4 Å². The highest BCUT2D eigenvalue weighted by atomic mass is 32.1. The molecule has 0 amide bonds. The van der Waals surface area contributed by atoms with Crippen molar-refractivity contribution in [3.8, 4) is 84.9 Å². The maximum Gasteiger partial charge on any atom is 0.252 e. The average molecular weight is 1230 g/mol. The molecule has 0 radical (unpaired) electrons. The number of anilines is 6. The Bertz CT molecular complexity index is 5820. The molecule has 8 nitrogen and oxygen atoms in total. The van der Waals surface area contributed by atoms with E-state index in [2.05, 4.69) is 306 Å². The fraction of sp³-hybridized carbons (Fsp3) is 0. The van der Waals surface area contributed by atoms with Crippen molar-refractivity contribution in [1.29, 1.82) is 0 Å². The van der Waals surface area contributed by atoms with Gasteiger partial charge in [0.2, 0.25) is 0 Å². The van der Waals surface area contributed by atoms with Gasteiger partial charge in [0.05, 0.1) is 28.1 Å². The number of rotatable bonds is 10. The standard InChI is InChI=1S/C85H53BN8S/c1-5-23-55(24-6-1)69-53-70(56-25-7-2-8-26-56)88-84(87-69)60-47-49-72(94-71-37-17-13-34-65(71)79-75(94)50-48-64-63-33-14-20-42-78(63)95-81(64)79)66(52-60)85-90-82(57-27-9-3-10-28-57)89-83(91-85)58-45-43-54(44-46-58)59-29-21-32-62(51-59)93-74-39-19-16-36-68(74)86-67-35-15-18-38-73(67)92(61-30-11-4-12-31-61)76-40-22-41-77(93)80(76)86/h1-53H. The van der Waals surface area contributed by atoms with Crippen LogP contribution in [0.25, 0.3) is 127 Å². The molecule has 442 valence electrons. The molecule has 0 atom stereocenters. The van der Waals surface area contributed by atoms with Crippen molar-refractivity contribution in [2.75, 3.05) is 9.80 Å². The quantitative estimate of drug-likeness (QED) is 0.126. The van der Waals surface area contributed by atoms with Crippen LogP contribution in [0.1, 0.15) is 0 Å². The van der Waals surface area contributed by atoms with Gasteiger partial charge in [0.15, 0.2) is 23.3 Å². The Balaban J connectivity index is 0.769. The fourth-order valence-corrected chi connectivity index (χ4v) is 15.8. The van der Waals surface area contributed by atoms with Crippen LogP contribution in [0, 0.1) is 0 Å². The molecule has 0 spiro atoms. The molecule has 0 saturated carbocycles. The maximum absolute atomic E-state index is 5.57. The van der Waals surface area contributed by atoms with Crippen LogP contribution in [0.3, 0.4) is 0 Å². The van der Waals surface area contributed by atoms with Crippen LogP contribution < -0.4 is 26.2 Å². The molecule has 0 N–H and O–H groups in total. The number of fused-ring (bicyclic) bond motifs is 11. The molecule has 13 aromatic carbocycles. The summed E-state index contributed by atoms with van der Waals surface area (Å²) in [5.41, 5.74) is 23.0. The predicted molar refractivity (Wildman–Crippen MR) is 395 cm³/mol. The van der Waals surface area contributed by atoms with Gasteiger partial charge in [-0.2, -0.15) is 0 Å². The van der Waals surface area contributed by atoms with Gasteiger partial charge in [0, 0.05) is 98.4 Å². The zero-order valence-electron chi connectivity index (χ0n) is 51.2. The molecule has 10 heteroatoms. The number of nitrogens with zero attached hydrogens (tertiary/aromatic N) is 8. The van der Waals surface area contributed by atoms with Crippen LogP contribution in [0.4, 0.5) is 34.1 Å². The summed E-state index contributed by atoms with van der Waals surface area (Å²) in [4.78, 5) is 32.0. The second kappa shape index (κ2) is 22.2. The largest absolute Gasteiger partial charge is 0.311 e. The third kappa shape index (κ3) is 9.02. The second-order valence-electron chi connectivity index (χ2n) is 24.3. The summed E-state index contributed by atoms with van der Waals surface area (Å²) >= 11 is 1.85. The number of para-hydroxylation sites is 4. The van der Waals surface area contributed by atoms with E-state index in [1.54, 1.807) is 0 Å². The van der Waals surface area contributed by atoms with Crippen LogP contribution >= 0.6 is 11.3 Å². The summed E-state index contributed by atoms with van der Waals surface area (Å²) in [5.74, 6) is 2.21. The number of aromatic nitrogens is 6. The van der Waals surface area contributed by atoms with Crippen LogP contribution in [0.15, 0.2) is 322 Å². The van der Waals surface area contributed by atoms with Crippen molar-refractivity contribution >= 4 is 111 Å². The average Bonchev–Trinajstić information content (AvgIpc) is 1.08. The van der Waals surface area contributed by atoms with Crippen LogP contribution in [0.5, 0.6) is 0 Å². The van der Waals surface area contributed by atoms with Gasteiger partial charge in [-0.1, -0.05) is 231 Å². The molecular formula is C85H53BN8S. The molecule has 0 saturated heterocycles. The van der Waals surface area contributed by atoms with E-state index in [-0.39, 0.29) is 6.71 Å². The first-order valence-corrected chi connectivity index (χ1v) is 32.9. The Morgan fingerprint density at radius 3 is 1.46 bits per heavy atom. The maximum atomic E-state index is 5.57. The van der Waals surface area contributed by atoms with E-state index in [1.165, 1.54) is 70.1 Å². The van der Waals surface area contributed by atoms with Gasteiger partial charge in [0.25, 0.3) is 6.71 Å². The number of hydrogen-bond donors (Lipinski definition) is 0. The summed E-state index contributed by atoms with van der Waals surface area (Å²) in [6, 6.07) is 115. The van der Waals surface area contributed by atoms with Gasteiger partial charge in [-0.3, -0.25) is 0 Å². The fourth-order valence-electron chi connectivity index (χ4n) is 14.6. The Morgan fingerprint density at radius 1 is 0.284 bits per heavy atom. The third-order valence-corrected chi connectivity index (χ3v) is 20.1. The van der Waals surface area contributed by atoms with E-state index in [0.717, 1.165) is 84.0 Å². The second-order valence-corrected chi connectivity index (χ2v) is 25.3. The van der Waals surface area contributed by atoms with E-state index in [9.17, 15) is 0 Å². The number of thiophene rings is 1. The summed E-state index contributed by atoms with van der Waals surface area (Å²) in [6.45, 7) is 0.0565. The summed E-state index contributed by atoms with van der Waals surface area (Å²) in [5, 5.41) is 4.89. The number of hydrogen-bond acceptors (Lipinski definition) is 8. The van der Waals surface area contributed by atoms with Crippen molar-refractivity contribution in [2.24, 2.45) is 0 Å².